The summed E-state index contributed by atoms with van der Waals surface area (Å²) < 4.78 is 4.62. The van der Waals surface area contributed by atoms with Gasteiger partial charge in [-0.2, -0.15) is 0 Å². The van der Waals surface area contributed by atoms with Crippen molar-refractivity contribution < 1.29 is 24.2 Å². The van der Waals surface area contributed by atoms with Crippen LogP contribution >= 0.6 is 0 Å². The van der Waals surface area contributed by atoms with E-state index in [1.807, 2.05) is 0 Å². The molecule has 0 spiro atoms. The van der Waals surface area contributed by atoms with Gasteiger partial charge in [0.2, 0.25) is 5.91 Å². The number of methoxy groups -OCH3 is 1. The standard InChI is InChI=1S/C17H19NO5/c1-23-17(22)9-4-6-12(7-5-9)18-15(19)13-10-2-3-11(8-10)14(13)16(20)21/h4-7,10-11,13-14H,2-3,8H2,1H3,(H,18,19)(H,20,21)/t10-,11-,13-,14+/m0/s1. The molecule has 0 aromatic heterocycles. The maximum Gasteiger partial charge on any atom is 0.337 e. The van der Waals surface area contributed by atoms with E-state index in [1.165, 1.54) is 7.11 Å². The number of carbonyl (C=O) groups excluding carboxylic acids is 2. The number of hydrogen-bond donors (Lipinski definition) is 2. The third kappa shape index (κ3) is 2.81. The van der Waals surface area contributed by atoms with E-state index in [4.69, 9.17) is 0 Å². The van der Waals surface area contributed by atoms with E-state index in [-0.39, 0.29) is 17.7 Å². The average Bonchev–Trinajstić information content (AvgIpc) is 3.15. The average molecular weight is 317 g/mol. The summed E-state index contributed by atoms with van der Waals surface area (Å²) >= 11 is 0. The van der Waals surface area contributed by atoms with Crippen LogP contribution in [0.15, 0.2) is 24.3 Å². The van der Waals surface area contributed by atoms with Gasteiger partial charge >= 0.3 is 11.9 Å². The van der Waals surface area contributed by atoms with Gasteiger partial charge in [0.1, 0.15) is 0 Å². The SMILES string of the molecule is COC(=O)c1ccc(NC(=O)[C@H]2[C@H]3CC[C@@H](C3)[C@H]2C(=O)O)cc1. The van der Waals surface area contributed by atoms with E-state index < -0.39 is 23.8 Å². The smallest absolute Gasteiger partial charge is 0.337 e. The number of amides is 1. The highest BCUT2D eigenvalue weighted by molar-refractivity contribution is 5.96. The fraction of sp³-hybridized carbons (Fsp3) is 0.471. The van der Waals surface area contributed by atoms with Crippen molar-refractivity contribution in [3.05, 3.63) is 29.8 Å². The van der Waals surface area contributed by atoms with Crippen LogP contribution in [0.5, 0.6) is 0 Å². The van der Waals surface area contributed by atoms with Gasteiger partial charge in [-0.15, -0.1) is 0 Å². The molecule has 2 aliphatic carbocycles. The van der Waals surface area contributed by atoms with E-state index >= 15 is 0 Å². The summed E-state index contributed by atoms with van der Waals surface area (Å²) in [5.74, 6) is -2.32. The van der Waals surface area contributed by atoms with Gasteiger partial charge in [0.05, 0.1) is 24.5 Å². The number of carboxylic acids is 1. The Morgan fingerprint density at radius 3 is 2.26 bits per heavy atom. The number of benzene rings is 1. The van der Waals surface area contributed by atoms with Crippen molar-refractivity contribution in [2.24, 2.45) is 23.7 Å². The van der Waals surface area contributed by atoms with Gasteiger partial charge in [-0.1, -0.05) is 0 Å². The molecule has 0 saturated heterocycles. The van der Waals surface area contributed by atoms with Crippen molar-refractivity contribution in [3.8, 4) is 0 Å². The number of fused-ring (bicyclic) bond motifs is 2. The van der Waals surface area contributed by atoms with E-state index in [2.05, 4.69) is 10.1 Å². The van der Waals surface area contributed by atoms with Gasteiger partial charge in [-0.25, -0.2) is 4.79 Å². The number of hydrogen-bond acceptors (Lipinski definition) is 4. The van der Waals surface area contributed by atoms with Gasteiger partial charge in [0, 0.05) is 5.69 Å². The van der Waals surface area contributed by atoms with Crippen LogP contribution in [-0.2, 0) is 14.3 Å². The van der Waals surface area contributed by atoms with Crippen LogP contribution in [0.1, 0.15) is 29.6 Å². The van der Waals surface area contributed by atoms with Gasteiger partial charge in [-0.05, 0) is 55.4 Å². The summed E-state index contributed by atoms with van der Waals surface area (Å²) in [4.78, 5) is 35.4. The first-order valence-corrected chi connectivity index (χ1v) is 7.73. The summed E-state index contributed by atoms with van der Waals surface area (Å²) in [6.45, 7) is 0. The lowest BCUT2D eigenvalue weighted by atomic mass is 9.78. The lowest BCUT2D eigenvalue weighted by molar-refractivity contribution is -0.148. The van der Waals surface area contributed by atoms with Crippen LogP contribution in [0.4, 0.5) is 5.69 Å². The number of aliphatic carboxylic acids is 1. The number of esters is 1. The molecule has 4 atom stereocenters. The van der Waals surface area contributed by atoms with E-state index in [1.54, 1.807) is 24.3 Å². The van der Waals surface area contributed by atoms with Crippen LogP contribution in [0.2, 0.25) is 0 Å². The Bertz CT molecular complexity index is 639. The van der Waals surface area contributed by atoms with Gasteiger partial charge < -0.3 is 15.2 Å². The third-order valence-corrected chi connectivity index (χ3v) is 5.08. The third-order valence-electron chi connectivity index (χ3n) is 5.08. The topological polar surface area (TPSA) is 92.7 Å². The Morgan fingerprint density at radius 1 is 1.09 bits per heavy atom. The monoisotopic (exact) mass is 317 g/mol. The lowest BCUT2D eigenvalue weighted by Crippen LogP contribution is -2.37. The van der Waals surface area contributed by atoms with Crippen molar-refractivity contribution in [3.63, 3.8) is 0 Å². The first-order chi connectivity index (χ1) is 11.0. The maximum absolute atomic E-state index is 12.5. The molecular weight excluding hydrogens is 298 g/mol. The number of nitrogens with one attached hydrogen (secondary N) is 1. The summed E-state index contributed by atoms with van der Waals surface area (Å²) in [6.07, 6.45) is 2.66. The molecule has 0 unspecified atom stereocenters. The molecule has 2 N–H and O–H groups in total. The molecule has 1 amide bonds. The molecule has 122 valence electrons. The Morgan fingerprint density at radius 2 is 1.70 bits per heavy atom. The second kappa shape index (κ2) is 6.02. The molecule has 2 bridgehead atoms. The molecular formula is C17H19NO5. The number of anilines is 1. The lowest BCUT2D eigenvalue weighted by Gasteiger charge is -2.27. The van der Waals surface area contributed by atoms with Crippen LogP contribution in [0, 0.1) is 23.7 Å². The second-order valence-corrected chi connectivity index (χ2v) is 6.28. The Hall–Kier alpha value is -2.37. The molecule has 23 heavy (non-hydrogen) atoms. The molecule has 2 aliphatic rings. The molecule has 6 heteroatoms. The summed E-state index contributed by atoms with van der Waals surface area (Å²) in [6, 6.07) is 6.37. The van der Waals surface area contributed by atoms with Crippen molar-refractivity contribution in [2.75, 3.05) is 12.4 Å². The Kier molecular flexibility index (Phi) is 4.07. The summed E-state index contributed by atoms with van der Waals surface area (Å²) in [5.41, 5.74) is 0.948. The number of carbonyl (C=O) groups is 3. The van der Waals surface area contributed by atoms with Crippen LogP contribution in [0.3, 0.4) is 0 Å². The normalized spacial score (nSPS) is 28.4. The molecule has 0 radical (unpaired) electrons. The van der Waals surface area contributed by atoms with Crippen LogP contribution in [-0.4, -0.2) is 30.1 Å². The quantitative estimate of drug-likeness (QED) is 0.830. The fourth-order valence-electron chi connectivity index (χ4n) is 4.06. The molecule has 0 aliphatic heterocycles. The first-order valence-electron chi connectivity index (χ1n) is 7.73. The molecule has 3 rings (SSSR count). The van der Waals surface area contributed by atoms with Crippen LogP contribution < -0.4 is 5.32 Å². The van der Waals surface area contributed by atoms with E-state index in [0.717, 1.165) is 19.3 Å². The van der Waals surface area contributed by atoms with Crippen LogP contribution in [0.25, 0.3) is 0 Å². The fourth-order valence-corrected chi connectivity index (χ4v) is 4.06. The van der Waals surface area contributed by atoms with Crippen molar-refractivity contribution in [1.29, 1.82) is 0 Å². The molecule has 0 heterocycles. The Balaban J connectivity index is 1.71. The highest BCUT2D eigenvalue weighted by atomic mass is 16.5. The summed E-state index contributed by atoms with van der Waals surface area (Å²) in [5, 5.41) is 12.2. The molecule has 1 aromatic rings. The van der Waals surface area contributed by atoms with E-state index in [0.29, 0.717) is 11.3 Å². The molecule has 1 aromatic carbocycles. The van der Waals surface area contributed by atoms with E-state index in [9.17, 15) is 19.5 Å². The highest BCUT2D eigenvalue weighted by Gasteiger charge is 2.53. The molecule has 2 fully saturated rings. The minimum atomic E-state index is -0.876. The Labute approximate surface area is 133 Å². The zero-order valence-corrected chi connectivity index (χ0v) is 12.8. The molecule has 6 nitrogen and oxygen atoms in total. The molecule has 2 saturated carbocycles. The van der Waals surface area contributed by atoms with Gasteiger partial charge in [-0.3, -0.25) is 9.59 Å². The highest BCUT2D eigenvalue weighted by Crippen LogP contribution is 2.52. The zero-order valence-electron chi connectivity index (χ0n) is 12.8. The minimum Gasteiger partial charge on any atom is -0.481 e. The minimum absolute atomic E-state index is 0.120. The maximum atomic E-state index is 12.5. The van der Waals surface area contributed by atoms with Gasteiger partial charge in [0.15, 0.2) is 0 Å². The largest absolute Gasteiger partial charge is 0.481 e. The number of carboxylic acid groups (broad SMARTS) is 1. The number of ether oxygens (including phenoxy) is 1. The second-order valence-electron chi connectivity index (χ2n) is 6.28. The van der Waals surface area contributed by atoms with Gasteiger partial charge in [0.25, 0.3) is 0 Å². The van der Waals surface area contributed by atoms with Crippen molar-refractivity contribution in [2.45, 2.75) is 19.3 Å². The zero-order chi connectivity index (χ0) is 16.6. The van der Waals surface area contributed by atoms with Crippen molar-refractivity contribution >= 4 is 23.5 Å². The predicted molar refractivity (Wildman–Crippen MR) is 81.9 cm³/mol. The number of rotatable bonds is 4. The van der Waals surface area contributed by atoms with Crippen molar-refractivity contribution in [1.82, 2.24) is 0 Å². The first kappa shape index (κ1) is 15.5. The predicted octanol–water partition coefficient (Wildman–Crippen LogP) is 2.16. The summed E-state index contributed by atoms with van der Waals surface area (Å²) in [7, 11) is 1.30.